The van der Waals surface area contributed by atoms with E-state index >= 15 is 0 Å². The number of carbonyl (C=O) groups excluding carboxylic acids is 2. The van der Waals surface area contributed by atoms with E-state index in [0.29, 0.717) is 12.3 Å². The predicted molar refractivity (Wildman–Crippen MR) is 85.1 cm³/mol. The van der Waals surface area contributed by atoms with Crippen molar-refractivity contribution < 1.29 is 19.2 Å². The maximum absolute atomic E-state index is 12.2. The van der Waals surface area contributed by atoms with E-state index in [2.05, 4.69) is 21.2 Å². The molecule has 1 heterocycles. The third kappa shape index (κ3) is 3.78. The number of nitrogens with zero attached hydrogens (tertiary/aromatic N) is 1. The summed E-state index contributed by atoms with van der Waals surface area (Å²) in [5.74, 6) is -0.0718. The molecule has 0 saturated carbocycles. The molecule has 0 unspecified atom stereocenters. The first-order valence-corrected chi connectivity index (χ1v) is 7.80. The van der Waals surface area contributed by atoms with Gasteiger partial charge >= 0.3 is 6.09 Å². The Morgan fingerprint density at radius 2 is 2.23 bits per heavy atom. The summed E-state index contributed by atoms with van der Waals surface area (Å²) in [7, 11) is 0. The molecule has 1 fully saturated rings. The number of hydroxylamine groups is 2. The molecule has 0 spiro atoms. The number of anilines is 1. The summed E-state index contributed by atoms with van der Waals surface area (Å²) in [5.41, 5.74) is 0.820. The van der Waals surface area contributed by atoms with Crippen LogP contribution in [0, 0.1) is 5.41 Å². The van der Waals surface area contributed by atoms with Crippen molar-refractivity contribution in [1.29, 1.82) is 0 Å². The van der Waals surface area contributed by atoms with Gasteiger partial charge in [-0.3, -0.25) is 14.9 Å². The van der Waals surface area contributed by atoms with Gasteiger partial charge in [-0.05, 0) is 38.5 Å². The van der Waals surface area contributed by atoms with Crippen LogP contribution in [-0.4, -0.2) is 30.3 Å². The van der Waals surface area contributed by atoms with Crippen molar-refractivity contribution in [1.82, 2.24) is 5.06 Å². The Balaban J connectivity index is 2.17. The number of amides is 2. The molecular weight excluding hydrogens is 352 g/mol. The summed E-state index contributed by atoms with van der Waals surface area (Å²) in [6.07, 6.45) is -0.532. The lowest BCUT2D eigenvalue weighted by molar-refractivity contribution is -0.165. The van der Waals surface area contributed by atoms with E-state index in [1.807, 2.05) is 26.0 Å². The van der Waals surface area contributed by atoms with Crippen molar-refractivity contribution >= 4 is 33.6 Å². The average Bonchev–Trinajstić information content (AvgIpc) is 2.69. The van der Waals surface area contributed by atoms with Crippen LogP contribution in [0.1, 0.15) is 26.3 Å². The first kappa shape index (κ1) is 16.8. The maximum atomic E-state index is 12.2. The van der Waals surface area contributed by atoms with Crippen molar-refractivity contribution in [3.63, 3.8) is 0 Å². The van der Waals surface area contributed by atoms with E-state index in [0.717, 1.165) is 10.0 Å². The van der Waals surface area contributed by atoms with Crippen LogP contribution >= 0.6 is 15.9 Å². The number of hydrogen-bond donors (Lipinski definition) is 1. The van der Waals surface area contributed by atoms with Gasteiger partial charge in [-0.25, -0.2) is 9.86 Å². The zero-order valence-corrected chi connectivity index (χ0v) is 14.4. The maximum Gasteiger partial charge on any atom is 0.411 e. The Bertz CT molecular complexity index is 589. The summed E-state index contributed by atoms with van der Waals surface area (Å²) < 4.78 is 5.70. The van der Waals surface area contributed by atoms with Gasteiger partial charge in [0.05, 0.1) is 30.9 Å². The summed E-state index contributed by atoms with van der Waals surface area (Å²) >= 11 is 3.36. The van der Waals surface area contributed by atoms with Crippen LogP contribution in [0.4, 0.5) is 10.5 Å². The fourth-order valence-corrected chi connectivity index (χ4v) is 2.41. The second-order valence-electron chi connectivity index (χ2n) is 5.65. The number of ether oxygens (including phenoxy) is 1. The molecule has 1 N–H and O–H groups in total. The van der Waals surface area contributed by atoms with Gasteiger partial charge in [0, 0.05) is 4.47 Å². The molecule has 1 saturated heterocycles. The van der Waals surface area contributed by atoms with Crippen LogP contribution in [0.15, 0.2) is 22.7 Å². The quantitative estimate of drug-likeness (QED) is 0.882. The monoisotopic (exact) mass is 370 g/mol. The zero-order valence-electron chi connectivity index (χ0n) is 12.8. The highest BCUT2D eigenvalue weighted by atomic mass is 79.9. The number of nitrogens with one attached hydrogen (secondary N) is 1. The van der Waals surface area contributed by atoms with Gasteiger partial charge in [0.25, 0.3) is 5.91 Å². The smallest absolute Gasteiger partial charge is 0.411 e. The third-order valence-electron chi connectivity index (χ3n) is 3.28. The Morgan fingerprint density at radius 1 is 1.50 bits per heavy atom. The van der Waals surface area contributed by atoms with Crippen LogP contribution in [0.2, 0.25) is 0 Å². The molecule has 1 aliphatic rings. The van der Waals surface area contributed by atoms with Crippen LogP contribution < -0.4 is 5.32 Å². The SMILES string of the molecule is CCOC(=O)Nc1cc(Br)ccc1CN1OCC(C)(C)C1=O. The lowest BCUT2D eigenvalue weighted by Crippen LogP contribution is -2.30. The zero-order chi connectivity index (χ0) is 16.3. The van der Waals surface area contributed by atoms with Gasteiger partial charge in [0.1, 0.15) is 0 Å². The lowest BCUT2D eigenvalue weighted by atomic mass is 9.95. The number of rotatable bonds is 4. The van der Waals surface area contributed by atoms with Gasteiger partial charge in [-0.1, -0.05) is 22.0 Å². The third-order valence-corrected chi connectivity index (χ3v) is 3.78. The summed E-state index contributed by atoms with van der Waals surface area (Å²) in [5, 5.41) is 4.01. The van der Waals surface area contributed by atoms with Crippen molar-refractivity contribution in [2.45, 2.75) is 27.3 Å². The van der Waals surface area contributed by atoms with E-state index in [-0.39, 0.29) is 19.1 Å². The van der Waals surface area contributed by atoms with Gasteiger partial charge in [0.15, 0.2) is 0 Å². The summed E-state index contributed by atoms with van der Waals surface area (Å²) in [6, 6.07) is 5.43. The summed E-state index contributed by atoms with van der Waals surface area (Å²) in [4.78, 5) is 29.3. The second-order valence-corrected chi connectivity index (χ2v) is 6.56. The molecule has 120 valence electrons. The van der Waals surface area contributed by atoms with Crippen molar-refractivity contribution in [2.75, 3.05) is 18.5 Å². The molecule has 2 amide bonds. The van der Waals surface area contributed by atoms with Crippen LogP contribution in [0.25, 0.3) is 0 Å². The van der Waals surface area contributed by atoms with E-state index in [9.17, 15) is 9.59 Å². The van der Waals surface area contributed by atoms with Gasteiger partial charge in [-0.2, -0.15) is 0 Å². The molecule has 0 bridgehead atoms. The van der Waals surface area contributed by atoms with Crippen LogP contribution in [0.5, 0.6) is 0 Å². The second kappa shape index (κ2) is 6.66. The number of benzene rings is 1. The Hall–Kier alpha value is -1.60. The number of carbonyl (C=O) groups is 2. The van der Waals surface area contributed by atoms with Crippen molar-refractivity contribution in [3.8, 4) is 0 Å². The van der Waals surface area contributed by atoms with E-state index in [1.54, 1.807) is 13.0 Å². The first-order valence-electron chi connectivity index (χ1n) is 7.00. The highest BCUT2D eigenvalue weighted by Gasteiger charge is 2.40. The molecule has 0 aliphatic carbocycles. The first-order chi connectivity index (χ1) is 10.3. The highest BCUT2D eigenvalue weighted by molar-refractivity contribution is 9.10. The minimum Gasteiger partial charge on any atom is -0.450 e. The molecule has 2 rings (SSSR count). The molecule has 1 aliphatic heterocycles. The molecule has 6 nitrogen and oxygen atoms in total. The van der Waals surface area contributed by atoms with Crippen molar-refractivity contribution in [3.05, 3.63) is 28.2 Å². The number of halogens is 1. The van der Waals surface area contributed by atoms with Crippen LogP contribution in [-0.2, 0) is 20.9 Å². The van der Waals surface area contributed by atoms with E-state index in [4.69, 9.17) is 9.57 Å². The van der Waals surface area contributed by atoms with Crippen molar-refractivity contribution in [2.24, 2.45) is 5.41 Å². The minimum atomic E-state index is -0.532. The highest BCUT2D eigenvalue weighted by Crippen LogP contribution is 2.30. The van der Waals surface area contributed by atoms with Gasteiger partial charge in [0.2, 0.25) is 0 Å². The fraction of sp³-hybridized carbons (Fsp3) is 0.467. The number of hydrogen-bond acceptors (Lipinski definition) is 4. The molecule has 0 radical (unpaired) electrons. The Morgan fingerprint density at radius 3 is 2.82 bits per heavy atom. The standard InChI is InChI=1S/C15H19BrN2O4/c1-4-21-14(20)17-12-7-11(16)6-5-10(12)8-18-13(19)15(2,3)9-22-18/h5-7H,4,8-9H2,1-3H3,(H,17,20). The molecular formula is C15H19BrN2O4. The van der Waals surface area contributed by atoms with Crippen LogP contribution in [0.3, 0.4) is 0 Å². The predicted octanol–water partition coefficient (Wildman–Crippen LogP) is 3.32. The lowest BCUT2D eigenvalue weighted by Gasteiger charge is -2.19. The molecule has 22 heavy (non-hydrogen) atoms. The minimum absolute atomic E-state index is 0.0718. The topological polar surface area (TPSA) is 67.9 Å². The van der Waals surface area contributed by atoms with Gasteiger partial charge < -0.3 is 4.74 Å². The molecule has 1 aromatic rings. The molecule has 0 atom stereocenters. The molecule has 0 aromatic heterocycles. The molecule has 1 aromatic carbocycles. The summed E-state index contributed by atoms with van der Waals surface area (Å²) in [6.45, 7) is 6.32. The van der Waals surface area contributed by atoms with Gasteiger partial charge in [-0.15, -0.1) is 0 Å². The van der Waals surface area contributed by atoms with E-state index < -0.39 is 11.5 Å². The normalized spacial score (nSPS) is 16.7. The fourth-order valence-electron chi connectivity index (χ4n) is 2.05. The average molecular weight is 371 g/mol. The largest absolute Gasteiger partial charge is 0.450 e. The van der Waals surface area contributed by atoms with E-state index in [1.165, 1.54) is 5.06 Å². The Labute approximate surface area is 137 Å². The molecule has 7 heteroatoms. The Kier molecular flexibility index (Phi) is 5.08.